The molecule has 0 aliphatic carbocycles. The highest BCUT2D eigenvalue weighted by Gasteiger charge is 2.11. The summed E-state index contributed by atoms with van der Waals surface area (Å²) < 4.78 is 2.07. The Bertz CT molecular complexity index is 805. The summed E-state index contributed by atoms with van der Waals surface area (Å²) in [7, 11) is 0. The van der Waals surface area contributed by atoms with Crippen molar-refractivity contribution in [2.45, 2.75) is 39.8 Å². The average molecular weight is 310 g/mol. The molecular formula is C18H22N4O. The third-order valence-electron chi connectivity index (χ3n) is 4.17. The molecule has 0 saturated carbocycles. The largest absolute Gasteiger partial charge is 0.391 e. The van der Waals surface area contributed by atoms with Crippen LogP contribution in [0.4, 0.5) is 11.5 Å². The number of aliphatic hydroxyl groups excluding tert-OH is 1. The summed E-state index contributed by atoms with van der Waals surface area (Å²) in [5, 5.41) is 14.4. The first-order valence-electron chi connectivity index (χ1n) is 7.91. The maximum absolute atomic E-state index is 9.91. The monoisotopic (exact) mass is 310 g/mol. The minimum Gasteiger partial charge on any atom is -0.391 e. The van der Waals surface area contributed by atoms with Crippen LogP contribution in [0.25, 0.3) is 10.9 Å². The van der Waals surface area contributed by atoms with E-state index in [0.717, 1.165) is 40.1 Å². The van der Waals surface area contributed by atoms with Crippen LogP contribution in [0.15, 0.2) is 36.8 Å². The summed E-state index contributed by atoms with van der Waals surface area (Å²) in [6.45, 7) is 6.62. The first-order chi connectivity index (χ1) is 11.1. The van der Waals surface area contributed by atoms with Gasteiger partial charge in [0.15, 0.2) is 0 Å². The zero-order chi connectivity index (χ0) is 16.4. The summed E-state index contributed by atoms with van der Waals surface area (Å²) in [6, 6.07) is 6.00. The maximum Gasteiger partial charge on any atom is 0.139 e. The predicted molar refractivity (Wildman–Crippen MR) is 93.0 cm³/mol. The number of rotatable bonds is 5. The third kappa shape index (κ3) is 3.05. The van der Waals surface area contributed by atoms with Crippen molar-refractivity contribution in [3.05, 3.63) is 48.0 Å². The van der Waals surface area contributed by atoms with Crippen LogP contribution >= 0.6 is 0 Å². The number of hydrogen-bond donors (Lipinski definition) is 2. The van der Waals surface area contributed by atoms with Gasteiger partial charge in [-0.3, -0.25) is 4.98 Å². The lowest BCUT2D eigenvalue weighted by molar-refractivity contribution is 0.151. The van der Waals surface area contributed by atoms with Crippen LogP contribution in [0.5, 0.6) is 0 Å². The summed E-state index contributed by atoms with van der Waals surface area (Å²) in [5.41, 5.74) is 4.14. The molecule has 3 rings (SSSR count). The second-order valence-corrected chi connectivity index (χ2v) is 5.84. The maximum atomic E-state index is 9.91. The van der Waals surface area contributed by atoms with Crippen molar-refractivity contribution in [3.8, 4) is 0 Å². The van der Waals surface area contributed by atoms with E-state index in [2.05, 4.69) is 26.8 Å². The zero-order valence-corrected chi connectivity index (χ0v) is 13.7. The molecule has 120 valence electrons. The summed E-state index contributed by atoms with van der Waals surface area (Å²) in [5.74, 6) is 0.812. The first-order valence-corrected chi connectivity index (χ1v) is 7.91. The van der Waals surface area contributed by atoms with Gasteiger partial charge in [0, 0.05) is 30.5 Å². The molecule has 0 aliphatic heterocycles. The molecule has 1 atom stereocenters. The number of hydrogen-bond acceptors (Lipinski definition) is 4. The molecule has 3 aromatic heterocycles. The van der Waals surface area contributed by atoms with E-state index >= 15 is 0 Å². The van der Waals surface area contributed by atoms with E-state index in [1.54, 1.807) is 6.20 Å². The highest BCUT2D eigenvalue weighted by molar-refractivity contribution is 5.92. The van der Waals surface area contributed by atoms with Gasteiger partial charge in [-0.15, -0.1) is 0 Å². The standard InChI is InChI=1S/C18H22N4O/c1-4-14(23)11-22-10-7-15-16(22)6-9-20-18(15)21-17-12(2)5-8-19-13(17)3/h5-10,14,23H,4,11H2,1-3H3,(H,20,21). The van der Waals surface area contributed by atoms with E-state index in [4.69, 9.17) is 0 Å². The Kier molecular flexibility index (Phi) is 4.30. The number of pyridine rings is 2. The van der Waals surface area contributed by atoms with Gasteiger partial charge < -0.3 is 15.0 Å². The van der Waals surface area contributed by atoms with Gasteiger partial charge in [0.2, 0.25) is 0 Å². The van der Waals surface area contributed by atoms with Crippen molar-refractivity contribution in [1.29, 1.82) is 0 Å². The number of aliphatic hydroxyl groups is 1. The molecule has 5 nitrogen and oxygen atoms in total. The highest BCUT2D eigenvalue weighted by atomic mass is 16.3. The van der Waals surface area contributed by atoms with Crippen molar-refractivity contribution in [3.63, 3.8) is 0 Å². The number of aromatic nitrogens is 3. The molecule has 0 aromatic carbocycles. The van der Waals surface area contributed by atoms with Crippen molar-refractivity contribution in [2.75, 3.05) is 5.32 Å². The minimum atomic E-state index is -0.335. The Hall–Kier alpha value is -2.40. The van der Waals surface area contributed by atoms with Crippen molar-refractivity contribution in [2.24, 2.45) is 0 Å². The predicted octanol–water partition coefficient (Wildman–Crippen LogP) is 3.56. The molecular weight excluding hydrogens is 288 g/mol. The number of fused-ring (bicyclic) bond motifs is 1. The molecule has 1 unspecified atom stereocenters. The Morgan fingerprint density at radius 2 is 1.96 bits per heavy atom. The van der Waals surface area contributed by atoms with Crippen LogP contribution in [0.3, 0.4) is 0 Å². The molecule has 2 N–H and O–H groups in total. The van der Waals surface area contributed by atoms with Crippen molar-refractivity contribution >= 4 is 22.4 Å². The quantitative estimate of drug-likeness (QED) is 0.756. The Morgan fingerprint density at radius 3 is 2.70 bits per heavy atom. The first kappa shape index (κ1) is 15.5. The molecule has 0 spiro atoms. The third-order valence-corrected chi connectivity index (χ3v) is 4.17. The van der Waals surface area contributed by atoms with Gasteiger partial charge in [-0.05, 0) is 44.0 Å². The number of nitrogens with zero attached hydrogens (tertiary/aromatic N) is 3. The molecule has 0 saturated heterocycles. The van der Waals surface area contributed by atoms with E-state index in [1.165, 1.54) is 0 Å². The van der Waals surface area contributed by atoms with Crippen LogP contribution < -0.4 is 5.32 Å². The van der Waals surface area contributed by atoms with Crippen molar-refractivity contribution < 1.29 is 5.11 Å². The van der Waals surface area contributed by atoms with Gasteiger partial charge in [0.1, 0.15) is 5.82 Å². The fourth-order valence-electron chi connectivity index (χ4n) is 2.74. The molecule has 0 aliphatic rings. The second kappa shape index (κ2) is 6.38. The lowest BCUT2D eigenvalue weighted by Gasteiger charge is -2.13. The molecule has 0 fully saturated rings. The number of nitrogens with one attached hydrogen (secondary N) is 1. The Morgan fingerprint density at radius 1 is 1.17 bits per heavy atom. The smallest absolute Gasteiger partial charge is 0.139 e. The Labute approximate surface area is 136 Å². The molecule has 0 amide bonds. The summed E-state index contributed by atoms with van der Waals surface area (Å²) >= 11 is 0. The van der Waals surface area contributed by atoms with Gasteiger partial charge in [-0.2, -0.15) is 0 Å². The zero-order valence-electron chi connectivity index (χ0n) is 13.7. The summed E-state index contributed by atoms with van der Waals surface area (Å²) in [4.78, 5) is 8.83. The van der Waals surface area contributed by atoms with Gasteiger partial charge in [0.05, 0.1) is 23.0 Å². The molecule has 0 radical (unpaired) electrons. The lowest BCUT2D eigenvalue weighted by Crippen LogP contribution is -2.13. The van der Waals surface area contributed by atoms with Gasteiger partial charge in [0.25, 0.3) is 0 Å². The normalized spacial score (nSPS) is 12.5. The molecule has 23 heavy (non-hydrogen) atoms. The molecule has 5 heteroatoms. The van der Waals surface area contributed by atoms with Crippen LogP contribution in [0.1, 0.15) is 24.6 Å². The minimum absolute atomic E-state index is 0.335. The van der Waals surface area contributed by atoms with Crippen LogP contribution in [-0.4, -0.2) is 25.7 Å². The van der Waals surface area contributed by atoms with E-state index in [1.807, 2.05) is 44.4 Å². The molecule has 0 bridgehead atoms. The highest BCUT2D eigenvalue weighted by Crippen LogP contribution is 2.28. The SMILES string of the molecule is CCC(O)Cn1ccc2c(Nc3c(C)ccnc3C)nccc21. The Balaban J connectivity index is 1.99. The second-order valence-electron chi connectivity index (χ2n) is 5.84. The van der Waals surface area contributed by atoms with Crippen molar-refractivity contribution in [1.82, 2.24) is 14.5 Å². The number of anilines is 2. The van der Waals surface area contributed by atoms with E-state index in [0.29, 0.717) is 6.54 Å². The fourth-order valence-corrected chi connectivity index (χ4v) is 2.74. The van der Waals surface area contributed by atoms with Crippen LogP contribution in [-0.2, 0) is 6.54 Å². The van der Waals surface area contributed by atoms with Crippen LogP contribution in [0, 0.1) is 13.8 Å². The lowest BCUT2D eigenvalue weighted by atomic mass is 10.2. The molecule has 3 aromatic rings. The van der Waals surface area contributed by atoms with Crippen LogP contribution in [0.2, 0.25) is 0 Å². The topological polar surface area (TPSA) is 63.0 Å². The fraction of sp³-hybridized carbons (Fsp3) is 0.333. The van der Waals surface area contributed by atoms with E-state index in [-0.39, 0.29) is 6.10 Å². The van der Waals surface area contributed by atoms with Gasteiger partial charge in [-0.25, -0.2) is 4.98 Å². The average Bonchev–Trinajstić information content (AvgIpc) is 2.95. The molecule has 3 heterocycles. The van der Waals surface area contributed by atoms with Gasteiger partial charge in [-0.1, -0.05) is 6.92 Å². The van der Waals surface area contributed by atoms with E-state index in [9.17, 15) is 5.11 Å². The number of aryl methyl sites for hydroxylation is 2. The van der Waals surface area contributed by atoms with E-state index < -0.39 is 0 Å². The summed E-state index contributed by atoms with van der Waals surface area (Å²) in [6.07, 6.45) is 6.01. The van der Waals surface area contributed by atoms with Gasteiger partial charge >= 0.3 is 0 Å².